The van der Waals surface area contributed by atoms with Crippen LogP contribution >= 0.6 is 0 Å². The Morgan fingerprint density at radius 2 is 1.79 bits per heavy atom. The third-order valence-electron chi connectivity index (χ3n) is 4.84. The normalized spacial score (nSPS) is 12.7. The van der Waals surface area contributed by atoms with Crippen LogP contribution in [0.15, 0.2) is 16.7 Å². The van der Waals surface area contributed by atoms with Crippen molar-refractivity contribution < 1.29 is 14.1 Å². The van der Waals surface area contributed by atoms with Crippen LogP contribution in [0.2, 0.25) is 0 Å². The Bertz CT molecular complexity index is 764. The van der Waals surface area contributed by atoms with Crippen LogP contribution in [-0.2, 0) is 16.0 Å². The zero-order chi connectivity index (χ0) is 24.6. The minimum Gasteiger partial charge on any atom is -0.361 e. The fourth-order valence-electron chi connectivity index (χ4n) is 2.70. The van der Waals surface area contributed by atoms with Crippen molar-refractivity contribution in [1.82, 2.24) is 20.7 Å². The molecule has 3 rings (SSSR count). The maximum atomic E-state index is 11.5. The minimum absolute atomic E-state index is 0.159. The molecule has 0 saturated heterocycles. The molecule has 3 N–H and O–H groups in total. The quantitative estimate of drug-likeness (QED) is 0.405. The van der Waals surface area contributed by atoms with Gasteiger partial charge in [-0.3, -0.25) is 14.7 Å². The largest absolute Gasteiger partial charge is 0.361 e. The number of aromatic nitrogens is 3. The molecule has 8 nitrogen and oxygen atoms in total. The van der Waals surface area contributed by atoms with Gasteiger partial charge in [0, 0.05) is 30.3 Å². The van der Waals surface area contributed by atoms with Gasteiger partial charge in [-0.05, 0) is 40.0 Å². The average molecular weight is 462 g/mol. The van der Waals surface area contributed by atoms with E-state index in [1.54, 1.807) is 12.1 Å². The number of H-pyrrole nitrogens is 1. The monoisotopic (exact) mass is 461 g/mol. The number of hydrogen-bond acceptors (Lipinski definition) is 5. The number of amides is 2. The number of nitrogens with one attached hydrogen (secondary N) is 3. The Morgan fingerprint density at radius 1 is 1.09 bits per heavy atom. The molecule has 0 bridgehead atoms. The Balaban J connectivity index is 0.000000294. The van der Waals surface area contributed by atoms with Gasteiger partial charge < -0.3 is 15.2 Å². The SMILES string of the molecule is C1CC1.CCC(C)CCCCC(=O)NC(C)C.Cc1cc(CC(=O)Nc2cc(C)[nH]n2)on1. The van der Waals surface area contributed by atoms with E-state index in [-0.39, 0.29) is 24.3 Å². The number of hydrogen-bond donors (Lipinski definition) is 3. The number of aryl methyl sites for hydroxylation is 2. The Morgan fingerprint density at radius 3 is 2.27 bits per heavy atom. The van der Waals surface area contributed by atoms with Crippen LogP contribution in [-0.4, -0.2) is 33.2 Å². The van der Waals surface area contributed by atoms with Crippen LogP contribution in [0.1, 0.15) is 96.2 Å². The summed E-state index contributed by atoms with van der Waals surface area (Å²) in [6, 6.07) is 3.76. The first-order valence-corrected chi connectivity index (χ1v) is 12.2. The van der Waals surface area contributed by atoms with Crippen molar-refractivity contribution in [2.24, 2.45) is 5.92 Å². The van der Waals surface area contributed by atoms with E-state index < -0.39 is 0 Å². The first kappa shape index (κ1) is 28.4. The van der Waals surface area contributed by atoms with Gasteiger partial charge in [0.1, 0.15) is 5.76 Å². The summed E-state index contributed by atoms with van der Waals surface area (Å²) in [5.41, 5.74) is 1.66. The van der Waals surface area contributed by atoms with E-state index in [2.05, 4.69) is 39.8 Å². The van der Waals surface area contributed by atoms with Crippen LogP contribution in [0.25, 0.3) is 0 Å². The Kier molecular flexibility index (Phi) is 13.8. The summed E-state index contributed by atoms with van der Waals surface area (Å²) in [5, 5.41) is 15.9. The van der Waals surface area contributed by atoms with E-state index in [0.717, 1.165) is 23.7 Å². The third kappa shape index (κ3) is 15.7. The number of nitrogens with zero attached hydrogens (tertiary/aromatic N) is 2. The number of anilines is 1. The number of carbonyl (C=O) groups excluding carboxylic acids is 2. The fraction of sp³-hybridized carbons (Fsp3) is 0.680. The molecule has 186 valence electrons. The van der Waals surface area contributed by atoms with Gasteiger partial charge in [-0.25, -0.2) is 0 Å². The van der Waals surface area contributed by atoms with Gasteiger partial charge in [0.2, 0.25) is 11.8 Å². The molecular weight excluding hydrogens is 418 g/mol. The molecule has 1 fully saturated rings. The summed E-state index contributed by atoms with van der Waals surface area (Å²) in [5.74, 6) is 1.89. The van der Waals surface area contributed by atoms with Gasteiger partial charge in [0.15, 0.2) is 5.82 Å². The van der Waals surface area contributed by atoms with Crippen LogP contribution in [0.5, 0.6) is 0 Å². The van der Waals surface area contributed by atoms with Gasteiger partial charge >= 0.3 is 0 Å². The first-order chi connectivity index (χ1) is 15.7. The second-order valence-corrected chi connectivity index (χ2v) is 9.14. The fourth-order valence-corrected chi connectivity index (χ4v) is 2.70. The topological polar surface area (TPSA) is 113 Å². The lowest BCUT2D eigenvalue weighted by atomic mass is 10.0. The van der Waals surface area contributed by atoms with Crippen molar-refractivity contribution in [3.05, 3.63) is 29.3 Å². The molecule has 1 saturated carbocycles. The summed E-state index contributed by atoms with van der Waals surface area (Å²) in [6.07, 6.45) is 10.1. The molecule has 2 heterocycles. The zero-order valence-electron chi connectivity index (χ0n) is 21.3. The van der Waals surface area contributed by atoms with Crippen LogP contribution in [0.3, 0.4) is 0 Å². The van der Waals surface area contributed by atoms with E-state index in [9.17, 15) is 9.59 Å². The maximum Gasteiger partial charge on any atom is 0.233 e. The van der Waals surface area contributed by atoms with E-state index in [1.807, 2.05) is 27.7 Å². The predicted molar refractivity (Wildman–Crippen MR) is 132 cm³/mol. The lowest BCUT2D eigenvalue weighted by Gasteiger charge is -2.09. The van der Waals surface area contributed by atoms with Crippen molar-refractivity contribution >= 4 is 17.6 Å². The number of rotatable bonds is 10. The summed E-state index contributed by atoms with van der Waals surface area (Å²) in [6.45, 7) is 12.2. The minimum atomic E-state index is -0.178. The van der Waals surface area contributed by atoms with Crippen molar-refractivity contribution in [2.45, 2.75) is 105 Å². The third-order valence-corrected chi connectivity index (χ3v) is 4.84. The van der Waals surface area contributed by atoms with Gasteiger partial charge in [-0.15, -0.1) is 0 Å². The highest BCUT2D eigenvalue weighted by molar-refractivity contribution is 5.91. The molecule has 8 heteroatoms. The van der Waals surface area contributed by atoms with Crippen molar-refractivity contribution in [3.63, 3.8) is 0 Å². The van der Waals surface area contributed by atoms with E-state index in [4.69, 9.17) is 4.52 Å². The summed E-state index contributed by atoms with van der Waals surface area (Å²) in [7, 11) is 0. The highest BCUT2D eigenvalue weighted by atomic mass is 16.5. The second kappa shape index (κ2) is 16.0. The lowest BCUT2D eigenvalue weighted by Crippen LogP contribution is -2.29. The number of aromatic amines is 1. The molecular formula is C25H43N5O3. The molecule has 1 atom stereocenters. The van der Waals surface area contributed by atoms with E-state index in [0.29, 0.717) is 18.0 Å². The van der Waals surface area contributed by atoms with Crippen LogP contribution in [0, 0.1) is 19.8 Å². The molecule has 1 aliphatic carbocycles. The highest BCUT2D eigenvalue weighted by Crippen LogP contribution is 2.15. The molecule has 0 aliphatic heterocycles. The summed E-state index contributed by atoms with van der Waals surface area (Å²) in [4.78, 5) is 22.8. The lowest BCUT2D eigenvalue weighted by molar-refractivity contribution is -0.121. The summed E-state index contributed by atoms with van der Waals surface area (Å²) >= 11 is 0. The van der Waals surface area contributed by atoms with Gasteiger partial charge in [-0.1, -0.05) is 57.5 Å². The van der Waals surface area contributed by atoms with E-state index in [1.165, 1.54) is 38.5 Å². The molecule has 0 radical (unpaired) electrons. The van der Waals surface area contributed by atoms with Crippen LogP contribution < -0.4 is 10.6 Å². The van der Waals surface area contributed by atoms with Crippen molar-refractivity contribution in [3.8, 4) is 0 Å². The average Bonchev–Trinajstić information content (AvgIpc) is 3.50. The Hall–Kier alpha value is -2.64. The maximum absolute atomic E-state index is 11.5. The molecule has 2 aromatic heterocycles. The smallest absolute Gasteiger partial charge is 0.233 e. The molecule has 0 aromatic carbocycles. The van der Waals surface area contributed by atoms with Gasteiger partial charge in [-0.2, -0.15) is 5.10 Å². The predicted octanol–water partition coefficient (Wildman–Crippen LogP) is 5.48. The molecule has 1 aliphatic rings. The van der Waals surface area contributed by atoms with Gasteiger partial charge in [0.05, 0.1) is 12.1 Å². The van der Waals surface area contributed by atoms with Crippen LogP contribution in [0.4, 0.5) is 5.82 Å². The number of unbranched alkanes of at least 4 members (excludes halogenated alkanes) is 1. The van der Waals surface area contributed by atoms with Crippen molar-refractivity contribution in [1.29, 1.82) is 0 Å². The van der Waals surface area contributed by atoms with Gasteiger partial charge in [0.25, 0.3) is 0 Å². The first-order valence-electron chi connectivity index (χ1n) is 12.2. The highest BCUT2D eigenvalue weighted by Gasteiger charge is 2.09. The number of carbonyl (C=O) groups is 2. The second-order valence-electron chi connectivity index (χ2n) is 9.14. The standard InChI is InChI=1S/C12H25NO.C10H12N4O2.C3H6/c1-5-11(4)8-6-7-9-12(14)13-10(2)3;1-6-4-9(13-12-6)11-10(15)5-8-3-7(2)14-16-8;1-2-3-1/h10-11H,5-9H2,1-4H3,(H,13,14);3-4H,5H2,1-2H3,(H2,11,12,13,15);1-3H2. The zero-order valence-corrected chi connectivity index (χ0v) is 21.3. The van der Waals surface area contributed by atoms with Crippen molar-refractivity contribution in [2.75, 3.05) is 5.32 Å². The molecule has 33 heavy (non-hydrogen) atoms. The molecule has 2 amide bonds. The Labute approximate surface area is 198 Å². The molecule has 0 spiro atoms. The molecule has 2 aromatic rings. The van der Waals surface area contributed by atoms with E-state index >= 15 is 0 Å². The molecule has 1 unspecified atom stereocenters. The summed E-state index contributed by atoms with van der Waals surface area (Å²) < 4.78 is 4.94.